The molecule has 1 saturated carbocycles. The van der Waals surface area contributed by atoms with E-state index in [2.05, 4.69) is 4.90 Å². The summed E-state index contributed by atoms with van der Waals surface area (Å²) in [6, 6.07) is 10.7. The van der Waals surface area contributed by atoms with Crippen molar-refractivity contribution in [2.45, 2.75) is 57.2 Å². The fraction of sp³-hybridized carbons (Fsp3) is 0.632. The first-order valence-electron chi connectivity index (χ1n) is 8.93. The van der Waals surface area contributed by atoms with Gasteiger partial charge in [0.15, 0.2) is 0 Å². The first-order chi connectivity index (χ1) is 11.3. The van der Waals surface area contributed by atoms with Crippen LogP contribution in [0, 0.1) is 0 Å². The van der Waals surface area contributed by atoms with Gasteiger partial charge in [-0.15, -0.1) is 0 Å². The number of hydrogen-bond acceptors (Lipinski definition) is 3. The zero-order valence-corrected chi connectivity index (χ0v) is 14.1. The zero-order chi connectivity index (χ0) is 16.1. The number of ether oxygens (including phenoxy) is 1. The maximum Gasteiger partial charge on any atom is 0.410 e. The van der Waals surface area contributed by atoms with Gasteiger partial charge < -0.3 is 9.64 Å². The Balaban J connectivity index is 1.58. The Kier molecular flexibility index (Phi) is 5.55. The monoisotopic (exact) mass is 316 g/mol. The number of hydrogen-bond donors (Lipinski definition) is 0. The molecule has 1 aromatic rings. The molecule has 0 bridgehead atoms. The summed E-state index contributed by atoms with van der Waals surface area (Å²) >= 11 is 0. The molecule has 0 radical (unpaired) electrons. The van der Waals surface area contributed by atoms with E-state index in [1.165, 1.54) is 45.2 Å². The molecule has 4 nitrogen and oxygen atoms in total. The Labute approximate surface area is 139 Å². The SMILES string of the molecule is CN(C(=O)OCc1ccccc1)[C@@H]1CCCC[C@@H]1N1CCCC1. The van der Waals surface area contributed by atoms with E-state index < -0.39 is 0 Å². The highest BCUT2D eigenvalue weighted by molar-refractivity contribution is 5.67. The molecule has 23 heavy (non-hydrogen) atoms. The molecule has 1 aliphatic heterocycles. The number of carbonyl (C=O) groups is 1. The van der Waals surface area contributed by atoms with Gasteiger partial charge in [-0.05, 0) is 44.3 Å². The first-order valence-corrected chi connectivity index (χ1v) is 8.93. The van der Waals surface area contributed by atoms with Crippen LogP contribution in [0.5, 0.6) is 0 Å². The van der Waals surface area contributed by atoms with Crippen LogP contribution in [0.1, 0.15) is 44.1 Å². The molecule has 126 valence electrons. The highest BCUT2D eigenvalue weighted by Gasteiger charge is 2.36. The molecular weight excluding hydrogens is 288 g/mol. The van der Waals surface area contributed by atoms with E-state index >= 15 is 0 Å². The van der Waals surface area contributed by atoms with Gasteiger partial charge in [0.05, 0.1) is 6.04 Å². The fourth-order valence-corrected chi connectivity index (χ4v) is 4.00. The van der Waals surface area contributed by atoms with Crippen molar-refractivity contribution in [2.75, 3.05) is 20.1 Å². The summed E-state index contributed by atoms with van der Waals surface area (Å²) in [5.74, 6) is 0. The largest absolute Gasteiger partial charge is 0.445 e. The molecule has 0 aromatic heterocycles. The van der Waals surface area contributed by atoms with Crippen molar-refractivity contribution < 1.29 is 9.53 Å². The predicted molar refractivity (Wildman–Crippen MR) is 91.2 cm³/mol. The molecule has 1 aromatic carbocycles. The average molecular weight is 316 g/mol. The van der Waals surface area contributed by atoms with E-state index in [1.54, 1.807) is 0 Å². The lowest BCUT2D eigenvalue weighted by atomic mass is 9.88. The van der Waals surface area contributed by atoms with Gasteiger partial charge in [-0.25, -0.2) is 4.79 Å². The summed E-state index contributed by atoms with van der Waals surface area (Å²) in [6.07, 6.45) is 7.20. The second-order valence-corrected chi connectivity index (χ2v) is 6.81. The predicted octanol–water partition coefficient (Wildman–Crippen LogP) is 3.66. The van der Waals surface area contributed by atoms with Gasteiger partial charge in [0, 0.05) is 13.1 Å². The van der Waals surface area contributed by atoms with Crippen molar-refractivity contribution in [3.05, 3.63) is 35.9 Å². The van der Waals surface area contributed by atoms with Gasteiger partial charge in [0.25, 0.3) is 0 Å². The van der Waals surface area contributed by atoms with E-state index in [4.69, 9.17) is 4.74 Å². The normalized spacial score (nSPS) is 25.3. The van der Waals surface area contributed by atoms with Gasteiger partial charge in [0.2, 0.25) is 0 Å². The fourth-order valence-electron chi connectivity index (χ4n) is 4.00. The van der Waals surface area contributed by atoms with E-state index in [-0.39, 0.29) is 6.09 Å². The highest BCUT2D eigenvalue weighted by atomic mass is 16.6. The van der Waals surface area contributed by atoms with Gasteiger partial charge >= 0.3 is 6.09 Å². The number of likely N-dealkylation sites (tertiary alicyclic amines) is 1. The minimum Gasteiger partial charge on any atom is -0.445 e. The lowest BCUT2D eigenvalue weighted by Gasteiger charge is -2.42. The second-order valence-electron chi connectivity index (χ2n) is 6.81. The van der Waals surface area contributed by atoms with E-state index in [0.29, 0.717) is 18.7 Å². The number of amides is 1. The number of likely N-dealkylation sites (N-methyl/N-ethyl adjacent to an activating group) is 1. The molecule has 2 atom stereocenters. The van der Waals surface area contributed by atoms with Crippen molar-refractivity contribution in [3.8, 4) is 0 Å². The van der Waals surface area contributed by atoms with Gasteiger partial charge in [-0.1, -0.05) is 43.2 Å². The molecular formula is C19H28N2O2. The summed E-state index contributed by atoms with van der Waals surface area (Å²) < 4.78 is 5.52. The molecule has 0 N–H and O–H groups in total. The Morgan fingerprint density at radius 1 is 1.13 bits per heavy atom. The van der Waals surface area contributed by atoms with Crippen LogP contribution < -0.4 is 0 Å². The van der Waals surface area contributed by atoms with Gasteiger partial charge in [-0.3, -0.25) is 4.90 Å². The summed E-state index contributed by atoms with van der Waals surface area (Å²) in [5, 5.41) is 0. The van der Waals surface area contributed by atoms with Crippen LogP contribution in [0.2, 0.25) is 0 Å². The number of nitrogens with zero attached hydrogens (tertiary/aromatic N) is 2. The Bertz CT molecular complexity index is 499. The Hall–Kier alpha value is -1.55. The third-order valence-corrected chi connectivity index (χ3v) is 5.29. The first kappa shape index (κ1) is 16.3. The van der Waals surface area contributed by atoms with E-state index in [9.17, 15) is 4.79 Å². The van der Waals surface area contributed by atoms with Gasteiger partial charge in [-0.2, -0.15) is 0 Å². The molecule has 3 rings (SSSR count). The molecule has 2 fully saturated rings. The summed E-state index contributed by atoms with van der Waals surface area (Å²) in [7, 11) is 1.91. The van der Waals surface area contributed by atoms with E-state index in [1.807, 2.05) is 42.3 Å². The Morgan fingerprint density at radius 2 is 1.83 bits per heavy atom. The van der Waals surface area contributed by atoms with Crippen molar-refractivity contribution in [1.29, 1.82) is 0 Å². The maximum atomic E-state index is 12.5. The zero-order valence-electron chi connectivity index (χ0n) is 14.1. The van der Waals surface area contributed by atoms with Crippen molar-refractivity contribution in [3.63, 3.8) is 0 Å². The second kappa shape index (κ2) is 7.82. The quantitative estimate of drug-likeness (QED) is 0.850. The molecule has 1 aliphatic carbocycles. The lowest BCUT2D eigenvalue weighted by Crippen LogP contribution is -2.53. The number of rotatable bonds is 4. The highest BCUT2D eigenvalue weighted by Crippen LogP contribution is 2.29. The number of carbonyl (C=O) groups excluding carboxylic acids is 1. The van der Waals surface area contributed by atoms with Crippen molar-refractivity contribution in [1.82, 2.24) is 9.80 Å². The molecule has 1 saturated heterocycles. The van der Waals surface area contributed by atoms with Crippen LogP contribution in [0.4, 0.5) is 4.79 Å². The van der Waals surface area contributed by atoms with Crippen LogP contribution in [-0.2, 0) is 11.3 Å². The smallest absolute Gasteiger partial charge is 0.410 e. The third-order valence-electron chi connectivity index (χ3n) is 5.29. The van der Waals surface area contributed by atoms with Crippen LogP contribution in [0.3, 0.4) is 0 Å². The van der Waals surface area contributed by atoms with E-state index in [0.717, 1.165) is 12.0 Å². The maximum absolute atomic E-state index is 12.5. The summed E-state index contributed by atoms with van der Waals surface area (Å²) in [4.78, 5) is 16.9. The molecule has 0 spiro atoms. The van der Waals surface area contributed by atoms with Crippen molar-refractivity contribution in [2.24, 2.45) is 0 Å². The van der Waals surface area contributed by atoms with Gasteiger partial charge in [0.1, 0.15) is 6.61 Å². The Morgan fingerprint density at radius 3 is 2.57 bits per heavy atom. The lowest BCUT2D eigenvalue weighted by molar-refractivity contribution is 0.0491. The van der Waals surface area contributed by atoms with Crippen LogP contribution >= 0.6 is 0 Å². The average Bonchev–Trinajstić information content (AvgIpc) is 3.14. The topological polar surface area (TPSA) is 32.8 Å². The molecule has 0 unspecified atom stereocenters. The molecule has 1 heterocycles. The summed E-state index contributed by atoms with van der Waals surface area (Å²) in [5.41, 5.74) is 1.04. The third kappa shape index (κ3) is 4.05. The molecule has 2 aliphatic rings. The molecule has 1 amide bonds. The minimum absolute atomic E-state index is 0.190. The molecule has 4 heteroatoms. The minimum atomic E-state index is -0.190. The van der Waals surface area contributed by atoms with Crippen LogP contribution in [-0.4, -0.2) is 48.1 Å². The van der Waals surface area contributed by atoms with Crippen molar-refractivity contribution >= 4 is 6.09 Å². The summed E-state index contributed by atoms with van der Waals surface area (Å²) in [6.45, 7) is 2.73. The standard InChI is InChI=1S/C19H28N2O2/c1-20(19(22)23-15-16-9-3-2-4-10-16)17-11-5-6-12-18(17)21-13-7-8-14-21/h2-4,9-10,17-18H,5-8,11-15H2,1H3/t17-,18+/m1/s1. The van der Waals surface area contributed by atoms with Crippen LogP contribution in [0.25, 0.3) is 0 Å². The number of benzene rings is 1. The van der Waals surface area contributed by atoms with Crippen LogP contribution in [0.15, 0.2) is 30.3 Å².